The second-order valence-electron chi connectivity index (χ2n) is 23.2. The summed E-state index contributed by atoms with van der Waals surface area (Å²) < 4.78 is 20.4. The number of alkyl halides is 1. The summed E-state index contributed by atoms with van der Waals surface area (Å²) >= 11 is 3.55. The number of ether oxygens (including phenoxy) is 3. The average molecular weight is 1060 g/mol. The second kappa shape index (κ2) is 22.8. The largest absolute Gasteiger partial charge is 0.508 e. The second-order valence-corrected chi connectivity index (χ2v) is 23.8. The molecule has 0 fully saturated rings. The molecule has 2 aliphatic rings. The van der Waals surface area contributed by atoms with Gasteiger partial charge in [0.25, 0.3) is 0 Å². The van der Waals surface area contributed by atoms with Crippen LogP contribution in [0.2, 0.25) is 0 Å². The maximum atomic E-state index is 12.5. The van der Waals surface area contributed by atoms with Crippen molar-refractivity contribution in [1.82, 2.24) is 19.1 Å². The Bertz CT molecular complexity index is 2820. The molecule has 6 aromatic rings. The van der Waals surface area contributed by atoms with E-state index >= 15 is 0 Å². The van der Waals surface area contributed by atoms with Gasteiger partial charge in [0, 0.05) is 54.0 Å². The Kier molecular flexibility index (Phi) is 17.7. The third-order valence-corrected chi connectivity index (χ3v) is 16.4. The Morgan fingerprint density at radius 1 is 0.589 bits per heavy atom. The smallest absolute Gasteiger partial charge is 0.307 e. The molecule has 2 heterocycles. The zero-order chi connectivity index (χ0) is 53.6. The number of hydrogen-bond donors (Lipinski definition) is 1. The summed E-state index contributed by atoms with van der Waals surface area (Å²) in [5.74, 6) is 0.524. The number of phenolic OH excluding ortho intramolecular Hbond substituents is 1. The van der Waals surface area contributed by atoms with Gasteiger partial charge in [0.2, 0.25) is 0 Å². The molecule has 1 N–H and O–H groups in total. The molecule has 0 saturated carbocycles. The number of aromatic nitrogens is 4. The van der Waals surface area contributed by atoms with Crippen LogP contribution in [0.25, 0.3) is 0 Å². The van der Waals surface area contributed by atoms with Crippen molar-refractivity contribution in [1.29, 1.82) is 0 Å². The summed E-state index contributed by atoms with van der Waals surface area (Å²) in [5, 5.41) is 10.4. The van der Waals surface area contributed by atoms with E-state index in [1.165, 1.54) is 47.9 Å². The van der Waals surface area contributed by atoms with Crippen LogP contribution in [-0.2, 0) is 77.6 Å². The molecule has 0 spiro atoms. The molecule has 0 aliphatic heterocycles. The van der Waals surface area contributed by atoms with Crippen molar-refractivity contribution in [2.24, 2.45) is 14.1 Å². The highest BCUT2D eigenvalue weighted by Crippen LogP contribution is 2.47. The lowest BCUT2D eigenvalue weighted by molar-refractivity contribution is -0.145. The first-order valence-corrected chi connectivity index (χ1v) is 27.0. The fourth-order valence-electron chi connectivity index (χ4n) is 10.8. The van der Waals surface area contributed by atoms with Crippen LogP contribution in [0.5, 0.6) is 11.5 Å². The van der Waals surface area contributed by atoms with Crippen LogP contribution in [0.1, 0.15) is 178 Å². The lowest BCUT2D eigenvalue weighted by Gasteiger charge is -2.42. The number of phenols is 1. The van der Waals surface area contributed by atoms with Gasteiger partial charge in [-0.3, -0.25) is 9.59 Å². The number of fused-ring (bicyclic) bond motifs is 2. The molecule has 2 aromatic heterocycles. The monoisotopic (exact) mass is 1060 g/mol. The molecule has 392 valence electrons. The van der Waals surface area contributed by atoms with E-state index in [1.54, 1.807) is 49.0 Å². The minimum atomic E-state index is -0.564. The van der Waals surface area contributed by atoms with E-state index in [1.807, 2.05) is 79.7 Å². The molecule has 0 amide bonds. The summed E-state index contributed by atoms with van der Waals surface area (Å²) in [7, 11) is 3.84. The SMILES string of the molecule is CC1(C)CCC(C)(C)c2cc(CBr)ccc21.CCOC(=O)C[C@@](C)(c1ccc(O)cc1)c1cncn1C.CCOC(=O)C[C@@](C)(c1ccc(OCc2ccc3c(c2)C(C)(C)CCC3(C)C)cc1)c1cncn1C. The Balaban J connectivity index is 0.000000198. The molecule has 0 saturated heterocycles. The molecule has 2 aliphatic carbocycles. The van der Waals surface area contributed by atoms with Gasteiger partial charge >= 0.3 is 11.9 Å². The van der Waals surface area contributed by atoms with Crippen molar-refractivity contribution in [3.63, 3.8) is 0 Å². The standard InChI is InChI=1S/C31H40N2O3.C16H20N2O3.C15H21Br/c1-8-35-28(34)18-31(6,27-19-32-21-33(27)7)23-10-12-24(13-11-23)36-20-22-9-14-25-26(17-22)30(4,5)16-15-29(25,2)3;1-4-21-15(20)9-16(2,14-10-17-11-18(14)3)12-5-7-13(19)8-6-12;1-14(2)7-8-15(3,4)13-9-11(10-16)5-6-12(13)14/h9-14,17,19,21H,8,15-16,18,20H2,1-7H3;5-8,10-11,19H,4,9H2,1-3H3;5-6,9H,7-8,10H2,1-4H3/t31-;16-;/m00./s1. The van der Waals surface area contributed by atoms with Crippen LogP contribution in [0.3, 0.4) is 0 Å². The van der Waals surface area contributed by atoms with E-state index < -0.39 is 10.8 Å². The first-order valence-electron chi connectivity index (χ1n) is 25.9. The van der Waals surface area contributed by atoms with Gasteiger partial charge in [-0.05, 0) is 144 Å². The Morgan fingerprint density at radius 2 is 0.973 bits per heavy atom. The average Bonchev–Trinajstić information content (AvgIpc) is 4.00. The van der Waals surface area contributed by atoms with E-state index in [9.17, 15) is 14.7 Å². The number of aromatic hydroxyl groups is 1. The number of hydrogen-bond acceptors (Lipinski definition) is 8. The van der Waals surface area contributed by atoms with Crippen molar-refractivity contribution in [2.75, 3.05) is 13.2 Å². The van der Waals surface area contributed by atoms with Gasteiger partial charge in [-0.2, -0.15) is 0 Å². The van der Waals surface area contributed by atoms with Crippen molar-refractivity contribution in [3.05, 3.63) is 166 Å². The molecule has 73 heavy (non-hydrogen) atoms. The fraction of sp³-hybridized carbons (Fsp3) is 0.484. The number of carbonyl (C=O) groups excluding carboxylic acids is 2. The number of halogens is 1. The van der Waals surface area contributed by atoms with Crippen LogP contribution in [0.15, 0.2) is 110 Å². The van der Waals surface area contributed by atoms with Gasteiger partial charge in [0.1, 0.15) is 18.1 Å². The van der Waals surface area contributed by atoms with Gasteiger partial charge in [0.05, 0.1) is 38.7 Å². The summed E-state index contributed by atoms with van der Waals surface area (Å²) in [6.45, 7) is 27.8. The van der Waals surface area contributed by atoms with Crippen molar-refractivity contribution in [2.45, 2.75) is 166 Å². The summed E-state index contributed by atoms with van der Waals surface area (Å²) in [6, 6.07) is 28.8. The molecule has 2 atom stereocenters. The minimum absolute atomic E-state index is 0.178. The molecule has 8 rings (SSSR count). The van der Waals surface area contributed by atoms with Crippen molar-refractivity contribution in [3.8, 4) is 11.5 Å². The molecule has 0 unspecified atom stereocenters. The first kappa shape index (κ1) is 56.6. The van der Waals surface area contributed by atoms with Gasteiger partial charge in [-0.25, -0.2) is 9.97 Å². The molecule has 0 radical (unpaired) electrons. The van der Waals surface area contributed by atoms with Crippen LogP contribution in [0.4, 0.5) is 0 Å². The van der Waals surface area contributed by atoms with Crippen molar-refractivity contribution < 1.29 is 28.9 Å². The normalized spacial score (nSPS) is 17.4. The fourth-order valence-corrected chi connectivity index (χ4v) is 11.2. The van der Waals surface area contributed by atoms with Gasteiger partial charge in [-0.1, -0.05) is 132 Å². The quantitative estimate of drug-likeness (QED) is 0.0847. The minimum Gasteiger partial charge on any atom is -0.508 e. The van der Waals surface area contributed by atoms with Gasteiger partial charge in [-0.15, -0.1) is 0 Å². The highest BCUT2D eigenvalue weighted by molar-refractivity contribution is 9.08. The number of esters is 2. The number of nitrogens with zero attached hydrogens (tertiary/aromatic N) is 4. The Hall–Kier alpha value is -5.68. The lowest BCUT2D eigenvalue weighted by atomic mass is 9.63. The topological polar surface area (TPSA) is 118 Å². The molecular formula is C62H81BrN4O6. The van der Waals surface area contributed by atoms with E-state index in [2.05, 4.69) is 125 Å². The summed E-state index contributed by atoms with van der Waals surface area (Å²) in [5.41, 5.74) is 12.4. The van der Waals surface area contributed by atoms with E-state index in [-0.39, 0.29) is 41.4 Å². The molecular weight excluding hydrogens is 977 g/mol. The maximum absolute atomic E-state index is 12.5. The van der Waals surface area contributed by atoms with Gasteiger partial charge < -0.3 is 28.5 Å². The number of aryl methyl sites for hydroxylation is 2. The maximum Gasteiger partial charge on any atom is 0.307 e. The summed E-state index contributed by atoms with van der Waals surface area (Å²) in [4.78, 5) is 32.9. The molecule has 4 aromatic carbocycles. The zero-order valence-electron chi connectivity index (χ0n) is 46.1. The molecule has 0 bridgehead atoms. The third kappa shape index (κ3) is 13.0. The third-order valence-electron chi connectivity index (χ3n) is 15.8. The van der Waals surface area contributed by atoms with E-state index in [0.29, 0.717) is 30.7 Å². The number of rotatable bonds is 14. The van der Waals surface area contributed by atoms with Crippen LogP contribution < -0.4 is 4.74 Å². The number of benzene rings is 4. The predicted octanol–water partition coefficient (Wildman–Crippen LogP) is 13.9. The Morgan fingerprint density at radius 3 is 1.36 bits per heavy atom. The molecule has 10 nitrogen and oxygen atoms in total. The van der Waals surface area contributed by atoms with Crippen LogP contribution in [-0.4, -0.2) is 49.4 Å². The highest BCUT2D eigenvalue weighted by atomic mass is 79.9. The zero-order valence-corrected chi connectivity index (χ0v) is 47.7. The first-order chi connectivity index (χ1) is 34.3. The number of imidazole rings is 2. The van der Waals surface area contributed by atoms with Crippen molar-refractivity contribution >= 4 is 27.9 Å². The van der Waals surface area contributed by atoms with Crippen LogP contribution >= 0.6 is 15.9 Å². The van der Waals surface area contributed by atoms with E-state index in [4.69, 9.17) is 14.2 Å². The van der Waals surface area contributed by atoms with Gasteiger partial charge in [0.15, 0.2) is 0 Å². The highest BCUT2D eigenvalue weighted by Gasteiger charge is 2.39. The lowest BCUT2D eigenvalue weighted by Crippen LogP contribution is -2.33. The number of carbonyl (C=O) groups is 2. The summed E-state index contributed by atoms with van der Waals surface area (Å²) in [6.07, 6.45) is 12.5. The Labute approximate surface area is 444 Å². The molecule has 11 heteroatoms. The van der Waals surface area contributed by atoms with E-state index in [0.717, 1.165) is 33.6 Å². The van der Waals surface area contributed by atoms with Crippen LogP contribution in [0, 0.1) is 0 Å². The predicted molar refractivity (Wildman–Crippen MR) is 297 cm³/mol.